The second kappa shape index (κ2) is 5.66. The Bertz CT molecular complexity index is 616. The first kappa shape index (κ1) is 14.0. The van der Waals surface area contributed by atoms with Crippen LogP contribution in [0.25, 0.3) is 11.4 Å². The smallest absolute Gasteiger partial charge is 0.308 e. The van der Waals surface area contributed by atoms with E-state index in [9.17, 15) is 4.79 Å². The van der Waals surface area contributed by atoms with Crippen LogP contribution in [0.1, 0.15) is 6.92 Å². The minimum Gasteiger partial charge on any atom is -0.481 e. The van der Waals surface area contributed by atoms with Crippen molar-refractivity contribution in [3.63, 3.8) is 0 Å². The van der Waals surface area contributed by atoms with Gasteiger partial charge >= 0.3 is 5.97 Å². The number of hydrogen-bond donors (Lipinski definition) is 1. The number of tetrazole rings is 1. The van der Waals surface area contributed by atoms with E-state index >= 15 is 0 Å². The van der Waals surface area contributed by atoms with E-state index in [1.807, 2.05) is 6.07 Å². The highest BCUT2D eigenvalue weighted by Gasteiger charge is 2.17. The number of halogens is 2. The van der Waals surface area contributed by atoms with Crippen molar-refractivity contribution in [3.05, 3.63) is 27.7 Å². The molecular formula is C11H10BrClN4O2. The van der Waals surface area contributed by atoms with Crippen LogP contribution in [0.5, 0.6) is 0 Å². The number of nitrogens with zero attached hydrogens (tertiary/aromatic N) is 4. The van der Waals surface area contributed by atoms with Gasteiger partial charge in [0, 0.05) is 10.0 Å². The molecule has 1 aromatic heterocycles. The van der Waals surface area contributed by atoms with Crippen LogP contribution >= 0.6 is 27.5 Å². The summed E-state index contributed by atoms with van der Waals surface area (Å²) in [6, 6.07) is 5.32. The average Bonchev–Trinajstić information content (AvgIpc) is 2.80. The number of carboxylic acid groups (broad SMARTS) is 1. The monoisotopic (exact) mass is 344 g/mol. The highest BCUT2D eigenvalue weighted by atomic mass is 79.9. The van der Waals surface area contributed by atoms with Gasteiger partial charge < -0.3 is 5.11 Å². The predicted octanol–water partition coefficient (Wildman–Crippen LogP) is 2.48. The van der Waals surface area contributed by atoms with Crippen LogP contribution in [0.15, 0.2) is 22.7 Å². The van der Waals surface area contributed by atoms with Crippen LogP contribution in [0.3, 0.4) is 0 Å². The van der Waals surface area contributed by atoms with Crippen LogP contribution in [0.2, 0.25) is 5.02 Å². The first-order chi connectivity index (χ1) is 8.99. The van der Waals surface area contributed by atoms with Gasteiger partial charge in [0.1, 0.15) is 0 Å². The molecule has 0 spiro atoms. The lowest BCUT2D eigenvalue weighted by Crippen LogP contribution is -2.18. The molecule has 1 aromatic carbocycles. The third kappa shape index (κ3) is 3.10. The van der Waals surface area contributed by atoms with E-state index in [0.717, 1.165) is 10.0 Å². The van der Waals surface area contributed by atoms with E-state index in [4.69, 9.17) is 16.7 Å². The Kier molecular flexibility index (Phi) is 4.16. The molecule has 1 unspecified atom stereocenters. The second-order valence-corrected chi connectivity index (χ2v) is 5.31. The van der Waals surface area contributed by atoms with E-state index < -0.39 is 11.9 Å². The van der Waals surface area contributed by atoms with Crippen LogP contribution in [-0.2, 0) is 11.3 Å². The van der Waals surface area contributed by atoms with Crippen molar-refractivity contribution in [2.75, 3.05) is 0 Å². The second-order valence-electron chi connectivity index (χ2n) is 4.05. The third-order valence-electron chi connectivity index (χ3n) is 2.58. The Labute approximate surface area is 122 Å². The van der Waals surface area contributed by atoms with E-state index in [1.54, 1.807) is 19.1 Å². The van der Waals surface area contributed by atoms with Crippen molar-refractivity contribution in [2.24, 2.45) is 5.92 Å². The molecule has 0 aliphatic heterocycles. The van der Waals surface area contributed by atoms with E-state index in [-0.39, 0.29) is 6.54 Å². The van der Waals surface area contributed by atoms with Gasteiger partial charge in [0.25, 0.3) is 0 Å². The molecule has 0 amide bonds. The third-order valence-corrected chi connectivity index (χ3v) is 3.81. The van der Waals surface area contributed by atoms with E-state index in [0.29, 0.717) is 10.8 Å². The number of rotatable bonds is 4. The SMILES string of the molecule is CC(Cn1nnnc1-c1ccc(Br)c(Cl)c1)C(=O)O. The van der Waals surface area contributed by atoms with Crippen molar-refractivity contribution in [1.29, 1.82) is 0 Å². The molecule has 0 radical (unpaired) electrons. The van der Waals surface area contributed by atoms with Gasteiger partial charge in [-0.3, -0.25) is 4.79 Å². The molecule has 1 heterocycles. The van der Waals surface area contributed by atoms with Crippen molar-refractivity contribution in [2.45, 2.75) is 13.5 Å². The van der Waals surface area contributed by atoms with Crippen molar-refractivity contribution in [1.82, 2.24) is 20.2 Å². The number of aromatic nitrogens is 4. The molecule has 1 N–H and O–H groups in total. The number of carboxylic acids is 1. The zero-order chi connectivity index (χ0) is 14.0. The zero-order valence-corrected chi connectivity index (χ0v) is 12.3. The van der Waals surface area contributed by atoms with Crippen LogP contribution in [0, 0.1) is 5.92 Å². The molecule has 0 saturated heterocycles. The van der Waals surface area contributed by atoms with Crippen molar-refractivity contribution in [3.8, 4) is 11.4 Å². The molecule has 19 heavy (non-hydrogen) atoms. The van der Waals surface area contributed by atoms with Gasteiger partial charge in [0.2, 0.25) is 0 Å². The van der Waals surface area contributed by atoms with Crippen molar-refractivity contribution < 1.29 is 9.90 Å². The lowest BCUT2D eigenvalue weighted by molar-refractivity contribution is -0.141. The molecule has 0 aliphatic rings. The quantitative estimate of drug-likeness (QED) is 0.920. The van der Waals surface area contributed by atoms with Gasteiger partial charge in [-0.15, -0.1) is 5.10 Å². The summed E-state index contributed by atoms with van der Waals surface area (Å²) in [6.45, 7) is 1.80. The molecule has 100 valence electrons. The Balaban J connectivity index is 2.33. The predicted molar refractivity (Wildman–Crippen MR) is 72.8 cm³/mol. The molecule has 0 bridgehead atoms. The maximum atomic E-state index is 10.9. The molecule has 0 saturated carbocycles. The van der Waals surface area contributed by atoms with E-state index in [1.165, 1.54) is 4.68 Å². The summed E-state index contributed by atoms with van der Waals surface area (Å²) in [4.78, 5) is 10.9. The van der Waals surface area contributed by atoms with Gasteiger partial charge in [-0.05, 0) is 44.6 Å². The summed E-state index contributed by atoms with van der Waals surface area (Å²) in [5.74, 6) is -0.981. The standard InChI is InChI=1S/C11H10BrClN4O2/c1-6(11(18)19)5-17-10(14-15-16-17)7-2-3-8(12)9(13)4-7/h2-4,6H,5H2,1H3,(H,18,19). The number of aliphatic carboxylic acids is 1. The summed E-state index contributed by atoms with van der Waals surface area (Å²) < 4.78 is 2.23. The summed E-state index contributed by atoms with van der Waals surface area (Å²) in [5, 5.41) is 20.7. The molecule has 0 aliphatic carbocycles. The Morgan fingerprint density at radius 1 is 1.58 bits per heavy atom. The minimum absolute atomic E-state index is 0.200. The van der Waals surface area contributed by atoms with Gasteiger partial charge in [-0.25, -0.2) is 4.68 Å². The minimum atomic E-state index is -0.893. The van der Waals surface area contributed by atoms with Gasteiger partial charge in [0.15, 0.2) is 5.82 Å². The van der Waals surface area contributed by atoms with Crippen LogP contribution in [0.4, 0.5) is 0 Å². The Hall–Kier alpha value is -1.47. The molecule has 8 heteroatoms. The Morgan fingerprint density at radius 2 is 2.32 bits per heavy atom. The maximum absolute atomic E-state index is 10.9. The summed E-state index contributed by atoms with van der Waals surface area (Å²) in [6.07, 6.45) is 0. The first-order valence-electron chi connectivity index (χ1n) is 5.43. The van der Waals surface area contributed by atoms with Crippen LogP contribution in [-0.4, -0.2) is 31.3 Å². The highest BCUT2D eigenvalue weighted by Crippen LogP contribution is 2.27. The summed E-state index contributed by atoms with van der Waals surface area (Å²) >= 11 is 9.32. The van der Waals surface area contributed by atoms with Crippen LogP contribution < -0.4 is 0 Å². The largest absolute Gasteiger partial charge is 0.481 e. The fourth-order valence-electron chi connectivity index (χ4n) is 1.51. The summed E-state index contributed by atoms with van der Waals surface area (Å²) in [7, 11) is 0. The number of carbonyl (C=O) groups is 1. The van der Waals surface area contributed by atoms with E-state index in [2.05, 4.69) is 31.5 Å². The van der Waals surface area contributed by atoms with Gasteiger partial charge in [0.05, 0.1) is 17.5 Å². The topological polar surface area (TPSA) is 80.9 Å². The first-order valence-corrected chi connectivity index (χ1v) is 6.60. The highest BCUT2D eigenvalue weighted by molar-refractivity contribution is 9.10. The fourth-order valence-corrected chi connectivity index (χ4v) is 1.93. The molecule has 0 fully saturated rings. The fraction of sp³-hybridized carbons (Fsp3) is 0.273. The number of hydrogen-bond acceptors (Lipinski definition) is 4. The zero-order valence-electron chi connectivity index (χ0n) is 9.92. The molecular weight excluding hydrogens is 336 g/mol. The van der Waals surface area contributed by atoms with Crippen molar-refractivity contribution >= 4 is 33.5 Å². The van der Waals surface area contributed by atoms with Gasteiger partial charge in [-0.2, -0.15) is 0 Å². The normalized spacial score (nSPS) is 12.4. The molecule has 1 atom stereocenters. The summed E-state index contributed by atoms with van der Waals surface area (Å²) in [5.41, 5.74) is 0.732. The number of benzene rings is 1. The molecule has 2 rings (SSSR count). The molecule has 2 aromatic rings. The maximum Gasteiger partial charge on any atom is 0.308 e. The van der Waals surface area contributed by atoms with Gasteiger partial charge in [-0.1, -0.05) is 18.5 Å². The molecule has 6 nitrogen and oxygen atoms in total. The lowest BCUT2D eigenvalue weighted by Gasteiger charge is -2.08. The average molecular weight is 346 g/mol. The Morgan fingerprint density at radius 3 is 2.95 bits per heavy atom. The lowest BCUT2D eigenvalue weighted by atomic mass is 10.1.